The maximum Gasteiger partial charge on any atom is 0.352 e. The van der Waals surface area contributed by atoms with Crippen LogP contribution in [0.15, 0.2) is 54.6 Å². The highest BCUT2D eigenvalue weighted by molar-refractivity contribution is 6.01. The Balaban J connectivity index is 1.70. The molecule has 0 spiro atoms. The Hall–Kier alpha value is -3.32. The van der Waals surface area contributed by atoms with Crippen LogP contribution in [0.3, 0.4) is 0 Å². The highest BCUT2D eigenvalue weighted by Gasteiger charge is 2.36. The first kappa shape index (κ1) is 19.0. The number of rotatable bonds is 5. The Morgan fingerprint density at radius 2 is 1.52 bits per heavy atom. The fourth-order valence-corrected chi connectivity index (χ4v) is 4.30. The van der Waals surface area contributed by atoms with Gasteiger partial charge in [0.25, 0.3) is 0 Å². The highest BCUT2D eigenvalue weighted by atomic mass is 16.4. The lowest BCUT2D eigenvalue weighted by Crippen LogP contribution is -2.49. The molecule has 1 atom stereocenters. The molecule has 1 aromatic heterocycles. The van der Waals surface area contributed by atoms with Crippen LogP contribution >= 0.6 is 0 Å². The fraction of sp³-hybridized carbons (Fsp3) is 0.273. The summed E-state index contributed by atoms with van der Waals surface area (Å²) in [6.45, 7) is 2.43. The van der Waals surface area contributed by atoms with E-state index in [1.165, 1.54) is 0 Å². The number of aromatic nitrogens is 1. The molecular formula is C22H23N3O4. The first-order valence-electron chi connectivity index (χ1n) is 9.56. The van der Waals surface area contributed by atoms with Gasteiger partial charge in [0.2, 0.25) is 0 Å². The molecule has 2 aromatic carbocycles. The Kier molecular flexibility index (Phi) is 4.98. The van der Waals surface area contributed by atoms with E-state index in [0.29, 0.717) is 42.6 Å². The molecule has 4 rings (SSSR count). The standard InChI is InChI=1S/C22H23N3O4/c1-23-17-10-6-5-9-16(17)18(19(23)21(26)27)20(22(28)29)25-13-11-24(12-14-25)15-7-3-2-4-8-15/h2-10,20H,11-14H2,1H3,(H,26,27)(H,28,29). The highest BCUT2D eigenvalue weighted by Crippen LogP contribution is 2.35. The number of anilines is 1. The molecule has 2 N–H and O–H groups in total. The molecule has 1 saturated heterocycles. The first-order chi connectivity index (χ1) is 14.0. The number of aryl methyl sites for hydroxylation is 1. The number of carboxylic acids is 2. The number of benzene rings is 2. The Morgan fingerprint density at radius 3 is 2.14 bits per heavy atom. The van der Waals surface area contributed by atoms with Gasteiger partial charge in [0.1, 0.15) is 11.7 Å². The predicted octanol–water partition coefficient (Wildman–Crippen LogP) is 2.82. The SMILES string of the molecule is Cn1c(C(=O)O)c(C(C(=O)O)N2CCN(c3ccccc3)CC2)c2ccccc21. The van der Waals surface area contributed by atoms with Crippen molar-refractivity contribution in [3.63, 3.8) is 0 Å². The Bertz CT molecular complexity index is 1050. The van der Waals surface area contributed by atoms with Gasteiger partial charge in [-0.3, -0.25) is 9.69 Å². The van der Waals surface area contributed by atoms with Crippen LogP contribution in [0, 0.1) is 0 Å². The number of hydrogen-bond acceptors (Lipinski definition) is 4. The van der Waals surface area contributed by atoms with Crippen LogP contribution in [0.1, 0.15) is 22.1 Å². The number of aliphatic carboxylic acids is 1. The number of piperazine rings is 1. The average molecular weight is 393 g/mol. The Morgan fingerprint density at radius 1 is 0.897 bits per heavy atom. The van der Waals surface area contributed by atoms with E-state index >= 15 is 0 Å². The minimum absolute atomic E-state index is 0.0316. The van der Waals surface area contributed by atoms with E-state index in [1.54, 1.807) is 17.7 Å². The number of para-hydroxylation sites is 2. The van der Waals surface area contributed by atoms with Gasteiger partial charge in [-0.15, -0.1) is 0 Å². The normalized spacial score (nSPS) is 16.1. The van der Waals surface area contributed by atoms with Crippen LogP contribution in [0.2, 0.25) is 0 Å². The van der Waals surface area contributed by atoms with Crippen LogP contribution < -0.4 is 4.90 Å². The van der Waals surface area contributed by atoms with E-state index in [-0.39, 0.29) is 5.69 Å². The minimum Gasteiger partial charge on any atom is -0.480 e. The topological polar surface area (TPSA) is 86.0 Å². The van der Waals surface area contributed by atoms with Crippen molar-refractivity contribution in [2.75, 3.05) is 31.1 Å². The van der Waals surface area contributed by atoms with Gasteiger partial charge in [0, 0.05) is 55.4 Å². The summed E-state index contributed by atoms with van der Waals surface area (Å²) in [5.74, 6) is -2.15. The van der Waals surface area contributed by atoms with Gasteiger partial charge < -0.3 is 19.7 Å². The van der Waals surface area contributed by atoms with E-state index in [2.05, 4.69) is 4.90 Å². The van der Waals surface area contributed by atoms with Gasteiger partial charge in [-0.1, -0.05) is 36.4 Å². The number of fused-ring (bicyclic) bond motifs is 1. The second-order valence-corrected chi connectivity index (χ2v) is 7.24. The van der Waals surface area contributed by atoms with Crippen molar-refractivity contribution in [2.24, 2.45) is 7.05 Å². The molecule has 7 heteroatoms. The monoisotopic (exact) mass is 393 g/mol. The molecule has 7 nitrogen and oxygen atoms in total. The van der Waals surface area contributed by atoms with Crippen molar-refractivity contribution < 1.29 is 19.8 Å². The van der Waals surface area contributed by atoms with Gasteiger partial charge in [-0.2, -0.15) is 0 Å². The van der Waals surface area contributed by atoms with Crippen LogP contribution in [-0.2, 0) is 11.8 Å². The van der Waals surface area contributed by atoms with Crippen molar-refractivity contribution >= 4 is 28.5 Å². The molecular weight excluding hydrogens is 370 g/mol. The largest absolute Gasteiger partial charge is 0.480 e. The number of hydrogen-bond donors (Lipinski definition) is 2. The van der Waals surface area contributed by atoms with Crippen LogP contribution in [0.4, 0.5) is 5.69 Å². The van der Waals surface area contributed by atoms with Gasteiger partial charge in [0.05, 0.1) is 0 Å². The molecule has 29 heavy (non-hydrogen) atoms. The quantitative estimate of drug-likeness (QED) is 0.693. The van der Waals surface area contributed by atoms with Crippen LogP contribution in [-0.4, -0.2) is 57.8 Å². The van der Waals surface area contributed by atoms with E-state index in [4.69, 9.17) is 0 Å². The number of carboxylic acid groups (broad SMARTS) is 2. The summed E-state index contributed by atoms with van der Waals surface area (Å²) < 4.78 is 1.57. The van der Waals surface area contributed by atoms with Gasteiger partial charge in [0.15, 0.2) is 0 Å². The lowest BCUT2D eigenvalue weighted by Gasteiger charge is -2.39. The minimum atomic E-state index is -1.12. The maximum atomic E-state index is 12.3. The summed E-state index contributed by atoms with van der Waals surface area (Å²) >= 11 is 0. The van der Waals surface area contributed by atoms with E-state index in [1.807, 2.05) is 53.4 Å². The summed E-state index contributed by atoms with van der Waals surface area (Å²) in [5, 5.41) is 20.6. The third kappa shape index (κ3) is 3.34. The van der Waals surface area contributed by atoms with Crippen LogP contribution in [0.25, 0.3) is 10.9 Å². The van der Waals surface area contributed by atoms with Gasteiger partial charge in [-0.25, -0.2) is 4.79 Å². The molecule has 2 heterocycles. The van der Waals surface area contributed by atoms with E-state index < -0.39 is 18.0 Å². The molecule has 0 aliphatic carbocycles. The second kappa shape index (κ2) is 7.60. The summed E-state index contributed by atoms with van der Waals surface area (Å²) in [5.41, 5.74) is 2.21. The molecule has 0 bridgehead atoms. The summed E-state index contributed by atoms with van der Waals surface area (Å²) in [4.78, 5) is 28.4. The molecule has 3 aromatic rings. The summed E-state index contributed by atoms with van der Waals surface area (Å²) in [6, 6.07) is 16.3. The zero-order chi connectivity index (χ0) is 20.5. The van der Waals surface area contributed by atoms with Crippen molar-refractivity contribution in [3.8, 4) is 0 Å². The van der Waals surface area contributed by atoms with Crippen molar-refractivity contribution in [2.45, 2.75) is 6.04 Å². The number of carbonyl (C=O) groups is 2. The number of aromatic carboxylic acids is 1. The third-order valence-corrected chi connectivity index (χ3v) is 5.66. The zero-order valence-electron chi connectivity index (χ0n) is 16.2. The molecule has 1 aliphatic heterocycles. The van der Waals surface area contributed by atoms with Gasteiger partial charge in [-0.05, 0) is 18.2 Å². The molecule has 1 unspecified atom stereocenters. The van der Waals surface area contributed by atoms with E-state index in [9.17, 15) is 19.8 Å². The number of nitrogens with zero attached hydrogens (tertiary/aromatic N) is 3. The van der Waals surface area contributed by atoms with Crippen LogP contribution in [0.5, 0.6) is 0 Å². The third-order valence-electron chi connectivity index (χ3n) is 5.66. The van der Waals surface area contributed by atoms with Crippen molar-refractivity contribution in [1.82, 2.24) is 9.47 Å². The van der Waals surface area contributed by atoms with Crippen molar-refractivity contribution in [1.29, 1.82) is 0 Å². The average Bonchev–Trinajstić information content (AvgIpc) is 3.02. The predicted molar refractivity (Wildman–Crippen MR) is 110 cm³/mol. The second-order valence-electron chi connectivity index (χ2n) is 7.24. The molecule has 150 valence electrons. The molecule has 0 radical (unpaired) electrons. The summed E-state index contributed by atoms with van der Waals surface area (Å²) in [7, 11) is 1.67. The molecule has 1 fully saturated rings. The van der Waals surface area contributed by atoms with Gasteiger partial charge >= 0.3 is 11.9 Å². The lowest BCUT2D eigenvalue weighted by atomic mass is 10.00. The first-order valence-corrected chi connectivity index (χ1v) is 9.56. The molecule has 0 saturated carbocycles. The summed E-state index contributed by atoms with van der Waals surface area (Å²) in [6.07, 6.45) is 0. The molecule has 0 amide bonds. The van der Waals surface area contributed by atoms with E-state index in [0.717, 1.165) is 5.69 Å². The smallest absolute Gasteiger partial charge is 0.352 e. The van der Waals surface area contributed by atoms with Crippen molar-refractivity contribution in [3.05, 3.63) is 65.9 Å². The Labute approximate surface area is 168 Å². The zero-order valence-corrected chi connectivity index (χ0v) is 16.2. The lowest BCUT2D eigenvalue weighted by molar-refractivity contribution is -0.143. The maximum absolute atomic E-state index is 12.3. The molecule has 1 aliphatic rings. The fourth-order valence-electron chi connectivity index (χ4n) is 4.30.